The van der Waals surface area contributed by atoms with Gasteiger partial charge in [0.1, 0.15) is 0 Å². The normalized spacial score (nSPS) is 6.67. The van der Waals surface area contributed by atoms with Crippen LogP contribution in [0.2, 0.25) is 0 Å². The van der Waals surface area contributed by atoms with Crippen LogP contribution in [0.5, 0.6) is 0 Å². The average Bonchev–Trinajstić information content (AvgIpc) is 3.09. The van der Waals surface area contributed by atoms with Crippen molar-refractivity contribution in [2.45, 2.75) is 0 Å². The molecule has 6 nitrogen and oxygen atoms in total. The highest BCUT2D eigenvalue weighted by atomic mass is 79.9. The molecule has 0 saturated heterocycles. The van der Waals surface area contributed by atoms with Crippen LogP contribution in [-0.2, 0) is 0 Å². The summed E-state index contributed by atoms with van der Waals surface area (Å²) in [5.74, 6) is 0. The Hall–Kier alpha value is -1.31. The molecule has 0 unspecified atom stereocenters. The SMILES string of the molecule is Br.Cl.Cl.c1c[nH]cn1.c1c[nH]cn1.c1c[nH]cn1. The molecular formula is C9H15BrCl2N6. The van der Waals surface area contributed by atoms with Crippen LogP contribution >= 0.6 is 41.8 Å². The Kier molecular flexibility index (Phi) is 22.0. The van der Waals surface area contributed by atoms with Crippen molar-refractivity contribution in [2.24, 2.45) is 0 Å². The molecule has 3 rings (SSSR count). The highest BCUT2D eigenvalue weighted by Gasteiger charge is 1.57. The fourth-order valence-electron chi connectivity index (χ4n) is 0.645. The molecule has 0 aliphatic carbocycles. The van der Waals surface area contributed by atoms with Gasteiger partial charge in [-0.15, -0.1) is 41.8 Å². The van der Waals surface area contributed by atoms with E-state index in [2.05, 4.69) is 29.9 Å². The van der Waals surface area contributed by atoms with Crippen LogP contribution in [0, 0.1) is 0 Å². The summed E-state index contributed by atoms with van der Waals surface area (Å²) < 4.78 is 0. The van der Waals surface area contributed by atoms with Crippen LogP contribution in [0.15, 0.2) is 56.2 Å². The number of rotatable bonds is 0. The van der Waals surface area contributed by atoms with Crippen molar-refractivity contribution in [3.8, 4) is 0 Å². The minimum absolute atomic E-state index is 0. The summed E-state index contributed by atoms with van der Waals surface area (Å²) in [7, 11) is 0. The van der Waals surface area contributed by atoms with Crippen LogP contribution in [0.25, 0.3) is 0 Å². The third-order valence-electron chi connectivity index (χ3n) is 1.22. The Bertz CT molecular complexity index is 261. The quantitative estimate of drug-likeness (QED) is 0.578. The minimum atomic E-state index is 0. The second-order valence-electron chi connectivity index (χ2n) is 2.28. The number of aromatic amines is 3. The van der Waals surface area contributed by atoms with Crippen molar-refractivity contribution in [1.29, 1.82) is 0 Å². The summed E-state index contributed by atoms with van der Waals surface area (Å²) in [6, 6.07) is 0. The molecule has 0 fully saturated rings. The van der Waals surface area contributed by atoms with E-state index < -0.39 is 0 Å². The van der Waals surface area contributed by atoms with E-state index in [1.807, 2.05) is 0 Å². The minimum Gasteiger partial charge on any atom is -0.351 e. The fourth-order valence-corrected chi connectivity index (χ4v) is 0.645. The summed E-state index contributed by atoms with van der Waals surface area (Å²) in [6.45, 7) is 0. The predicted octanol–water partition coefficient (Wildman–Crippen LogP) is 2.65. The monoisotopic (exact) mass is 356 g/mol. The second-order valence-corrected chi connectivity index (χ2v) is 2.28. The fraction of sp³-hybridized carbons (Fsp3) is 0. The number of halogens is 3. The van der Waals surface area contributed by atoms with Crippen molar-refractivity contribution in [3.05, 3.63) is 56.2 Å². The molecule has 9 heteroatoms. The zero-order valence-electron chi connectivity index (χ0n) is 9.26. The van der Waals surface area contributed by atoms with E-state index in [0.717, 1.165) is 0 Å². The van der Waals surface area contributed by atoms with Crippen molar-refractivity contribution >= 4 is 41.8 Å². The van der Waals surface area contributed by atoms with Crippen LogP contribution in [-0.4, -0.2) is 29.9 Å². The maximum Gasteiger partial charge on any atom is 0.0919 e. The molecule has 0 bridgehead atoms. The lowest BCUT2D eigenvalue weighted by atomic mass is 11.0. The lowest BCUT2D eigenvalue weighted by Crippen LogP contribution is -1.44. The summed E-state index contributed by atoms with van der Waals surface area (Å²) in [6.07, 6.45) is 15.2. The summed E-state index contributed by atoms with van der Waals surface area (Å²) in [5, 5.41) is 0. The largest absolute Gasteiger partial charge is 0.351 e. The molecule has 3 aromatic rings. The summed E-state index contributed by atoms with van der Waals surface area (Å²) in [4.78, 5) is 19.2. The van der Waals surface area contributed by atoms with Crippen molar-refractivity contribution in [2.75, 3.05) is 0 Å². The summed E-state index contributed by atoms with van der Waals surface area (Å²) >= 11 is 0. The molecule has 0 atom stereocenters. The molecule has 3 heterocycles. The highest BCUT2D eigenvalue weighted by molar-refractivity contribution is 8.93. The van der Waals surface area contributed by atoms with E-state index in [1.54, 1.807) is 56.2 Å². The first-order chi connectivity index (χ1) is 7.50. The van der Waals surface area contributed by atoms with Gasteiger partial charge < -0.3 is 15.0 Å². The molecule has 0 radical (unpaired) electrons. The molecule has 0 aliphatic heterocycles. The van der Waals surface area contributed by atoms with Gasteiger partial charge in [-0.3, -0.25) is 0 Å². The van der Waals surface area contributed by atoms with Gasteiger partial charge in [-0.2, -0.15) is 0 Å². The van der Waals surface area contributed by atoms with Crippen molar-refractivity contribution in [1.82, 2.24) is 29.9 Å². The Morgan fingerprint density at radius 3 is 0.889 bits per heavy atom. The first-order valence-corrected chi connectivity index (χ1v) is 4.28. The molecule has 0 amide bonds. The van der Waals surface area contributed by atoms with Crippen molar-refractivity contribution < 1.29 is 0 Å². The van der Waals surface area contributed by atoms with Gasteiger partial charge in [0.15, 0.2) is 0 Å². The van der Waals surface area contributed by atoms with Gasteiger partial charge in [-0.25, -0.2) is 15.0 Å². The Morgan fingerprint density at radius 1 is 0.556 bits per heavy atom. The zero-order valence-corrected chi connectivity index (χ0v) is 12.6. The molecular weight excluding hydrogens is 343 g/mol. The number of hydrogen-bond donors (Lipinski definition) is 3. The molecule has 18 heavy (non-hydrogen) atoms. The van der Waals surface area contributed by atoms with Gasteiger partial charge in [0, 0.05) is 37.2 Å². The van der Waals surface area contributed by atoms with Gasteiger partial charge in [0.05, 0.1) is 19.0 Å². The molecule has 0 spiro atoms. The van der Waals surface area contributed by atoms with E-state index in [4.69, 9.17) is 0 Å². The number of nitrogens with zero attached hydrogens (tertiary/aromatic N) is 3. The Balaban J connectivity index is -0.000000173. The van der Waals surface area contributed by atoms with E-state index in [1.165, 1.54) is 0 Å². The number of H-pyrrole nitrogens is 3. The average molecular weight is 358 g/mol. The predicted molar refractivity (Wildman–Crippen MR) is 80.6 cm³/mol. The van der Waals surface area contributed by atoms with Crippen LogP contribution in [0.1, 0.15) is 0 Å². The number of nitrogens with one attached hydrogen (secondary N) is 3. The van der Waals surface area contributed by atoms with Crippen LogP contribution in [0.4, 0.5) is 0 Å². The lowest BCUT2D eigenvalue weighted by Gasteiger charge is -1.46. The van der Waals surface area contributed by atoms with E-state index in [-0.39, 0.29) is 41.8 Å². The second kappa shape index (κ2) is 18.1. The molecule has 3 N–H and O–H groups in total. The molecule has 3 aromatic heterocycles. The zero-order chi connectivity index (χ0) is 10.6. The van der Waals surface area contributed by atoms with E-state index in [9.17, 15) is 0 Å². The Labute approximate surface area is 128 Å². The molecule has 0 saturated carbocycles. The van der Waals surface area contributed by atoms with Gasteiger partial charge in [-0.05, 0) is 0 Å². The van der Waals surface area contributed by atoms with Gasteiger partial charge in [-0.1, -0.05) is 0 Å². The number of hydrogen-bond acceptors (Lipinski definition) is 3. The van der Waals surface area contributed by atoms with Crippen LogP contribution < -0.4 is 0 Å². The number of imidazole rings is 3. The maximum atomic E-state index is 3.67. The van der Waals surface area contributed by atoms with Gasteiger partial charge in [0.25, 0.3) is 0 Å². The smallest absolute Gasteiger partial charge is 0.0919 e. The number of aromatic nitrogens is 6. The lowest BCUT2D eigenvalue weighted by molar-refractivity contribution is 1.31. The van der Waals surface area contributed by atoms with E-state index in [0.29, 0.717) is 0 Å². The van der Waals surface area contributed by atoms with Gasteiger partial charge >= 0.3 is 0 Å². The standard InChI is InChI=1S/3C3H4N2.BrH.2ClH/c3*1-2-5-3-4-1;;;/h3*1-3H,(H,4,5);3*1H. The first-order valence-electron chi connectivity index (χ1n) is 4.28. The molecule has 0 aromatic carbocycles. The molecule has 0 aliphatic rings. The van der Waals surface area contributed by atoms with Crippen molar-refractivity contribution in [3.63, 3.8) is 0 Å². The Morgan fingerprint density at radius 2 is 0.833 bits per heavy atom. The van der Waals surface area contributed by atoms with Crippen LogP contribution in [0.3, 0.4) is 0 Å². The maximum absolute atomic E-state index is 3.67. The summed E-state index contributed by atoms with van der Waals surface area (Å²) in [5.41, 5.74) is 0. The topological polar surface area (TPSA) is 86.0 Å². The third kappa shape index (κ3) is 14.7. The highest BCUT2D eigenvalue weighted by Crippen LogP contribution is 1.63. The third-order valence-corrected chi connectivity index (χ3v) is 1.22. The first kappa shape index (κ1) is 21.9. The molecule has 102 valence electrons. The van der Waals surface area contributed by atoms with Gasteiger partial charge in [0.2, 0.25) is 0 Å². The van der Waals surface area contributed by atoms with E-state index >= 15 is 0 Å².